The molecule has 17 heavy (non-hydrogen) atoms. The minimum Gasteiger partial charge on any atom is -0.336 e. The third kappa shape index (κ3) is 2.82. The van der Waals surface area contributed by atoms with Crippen molar-refractivity contribution in [3.63, 3.8) is 0 Å². The first kappa shape index (κ1) is 12.0. The van der Waals surface area contributed by atoms with Gasteiger partial charge in [-0.3, -0.25) is 4.79 Å². The molecule has 0 spiro atoms. The Bertz CT molecular complexity index is 408. The van der Waals surface area contributed by atoms with E-state index in [4.69, 9.17) is 0 Å². The third-order valence-electron chi connectivity index (χ3n) is 3.05. The van der Waals surface area contributed by atoms with Crippen molar-refractivity contribution < 1.29 is 9.18 Å². The number of hydrogen-bond acceptors (Lipinski definition) is 2. The summed E-state index contributed by atoms with van der Waals surface area (Å²) >= 11 is 0. The Labute approximate surface area is 101 Å². The molecule has 1 heterocycles. The summed E-state index contributed by atoms with van der Waals surface area (Å²) < 4.78 is 13.0. The number of halogens is 1. The Hall–Kier alpha value is -1.42. The molecule has 1 saturated heterocycles. The van der Waals surface area contributed by atoms with E-state index in [1.165, 1.54) is 12.1 Å². The van der Waals surface area contributed by atoms with Gasteiger partial charge in [-0.25, -0.2) is 4.39 Å². The average Bonchev–Trinajstić information content (AvgIpc) is 2.32. The summed E-state index contributed by atoms with van der Waals surface area (Å²) in [5, 5.41) is 3.18. The van der Waals surface area contributed by atoms with Crippen molar-refractivity contribution >= 4 is 5.91 Å². The number of nitrogens with one attached hydrogen (secondary N) is 1. The highest BCUT2D eigenvalue weighted by molar-refractivity contribution is 5.82. The van der Waals surface area contributed by atoms with Crippen LogP contribution in [0.2, 0.25) is 0 Å². The minimum atomic E-state index is -0.253. The lowest BCUT2D eigenvalue weighted by Gasteiger charge is -2.32. The molecule has 92 valence electrons. The van der Waals surface area contributed by atoms with Gasteiger partial charge in [0.15, 0.2) is 0 Å². The molecule has 2 rings (SSSR count). The first-order valence-corrected chi connectivity index (χ1v) is 5.97. The van der Waals surface area contributed by atoms with E-state index in [2.05, 4.69) is 5.32 Å². The molecule has 1 N–H and O–H groups in total. The lowest BCUT2D eigenvalue weighted by Crippen LogP contribution is -2.54. The fourth-order valence-corrected chi connectivity index (χ4v) is 2.12. The molecule has 1 atom stereocenters. The SMILES string of the molecule is CCC1NCCN(Cc2cccc(F)c2)C1=O. The summed E-state index contributed by atoms with van der Waals surface area (Å²) in [6, 6.07) is 6.33. The first-order valence-electron chi connectivity index (χ1n) is 5.97. The van der Waals surface area contributed by atoms with E-state index in [1.807, 2.05) is 13.0 Å². The summed E-state index contributed by atoms with van der Waals surface area (Å²) in [7, 11) is 0. The average molecular weight is 236 g/mol. The van der Waals surface area contributed by atoms with E-state index in [0.29, 0.717) is 13.1 Å². The highest BCUT2D eigenvalue weighted by Gasteiger charge is 2.26. The topological polar surface area (TPSA) is 32.3 Å². The van der Waals surface area contributed by atoms with Crippen LogP contribution in [0, 0.1) is 5.82 Å². The summed E-state index contributed by atoms with van der Waals surface area (Å²) in [6.07, 6.45) is 0.790. The van der Waals surface area contributed by atoms with Crippen molar-refractivity contribution in [1.82, 2.24) is 10.2 Å². The van der Waals surface area contributed by atoms with E-state index in [1.54, 1.807) is 11.0 Å². The molecule has 1 aliphatic heterocycles. The number of nitrogens with zero attached hydrogens (tertiary/aromatic N) is 1. The standard InChI is InChI=1S/C13H17FN2O/c1-2-12-13(17)16(7-6-15-12)9-10-4-3-5-11(14)8-10/h3-5,8,12,15H,2,6-7,9H2,1H3. The molecule has 0 bridgehead atoms. The molecule has 3 nitrogen and oxygen atoms in total. The molecule has 0 aliphatic carbocycles. The molecule has 0 radical (unpaired) electrons. The quantitative estimate of drug-likeness (QED) is 0.863. The Morgan fingerprint density at radius 3 is 3.06 bits per heavy atom. The van der Waals surface area contributed by atoms with Gasteiger partial charge in [-0.15, -0.1) is 0 Å². The summed E-state index contributed by atoms with van der Waals surface area (Å²) in [5.74, 6) is -0.139. The van der Waals surface area contributed by atoms with Crippen LogP contribution < -0.4 is 5.32 Å². The van der Waals surface area contributed by atoms with Gasteiger partial charge in [0.05, 0.1) is 6.04 Å². The van der Waals surface area contributed by atoms with E-state index in [0.717, 1.165) is 18.5 Å². The number of amides is 1. The zero-order valence-electron chi connectivity index (χ0n) is 9.95. The van der Waals surface area contributed by atoms with Crippen molar-refractivity contribution in [3.05, 3.63) is 35.6 Å². The summed E-state index contributed by atoms with van der Waals surface area (Å²) in [6.45, 7) is 3.97. The monoisotopic (exact) mass is 236 g/mol. The predicted molar refractivity (Wildman–Crippen MR) is 63.9 cm³/mol. The van der Waals surface area contributed by atoms with Crippen LogP contribution >= 0.6 is 0 Å². The number of benzene rings is 1. The Kier molecular flexibility index (Phi) is 3.74. The molecular weight excluding hydrogens is 219 g/mol. The van der Waals surface area contributed by atoms with E-state index in [9.17, 15) is 9.18 Å². The van der Waals surface area contributed by atoms with Crippen LogP contribution in [0.25, 0.3) is 0 Å². The lowest BCUT2D eigenvalue weighted by atomic mass is 10.1. The fraction of sp³-hybridized carbons (Fsp3) is 0.462. The maximum absolute atomic E-state index is 13.0. The second kappa shape index (κ2) is 5.27. The van der Waals surface area contributed by atoms with Gasteiger partial charge in [-0.1, -0.05) is 19.1 Å². The molecule has 4 heteroatoms. The molecular formula is C13H17FN2O. The second-order valence-electron chi connectivity index (χ2n) is 4.30. The number of rotatable bonds is 3. The maximum atomic E-state index is 13.0. The van der Waals surface area contributed by atoms with Crippen molar-refractivity contribution in [3.8, 4) is 0 Å². The number of carbonyl (C=O) groups is 1. The molecule has 1 aromatic carbocycles. The predicted octanol–water partition coefficient (Wildman–Crippen LogP) is 1.54. The highest BCUT2D eigenvalue weighted by Crippen LogP contribution is 2.11. The zero-order chi connectivity index (χ0) is 12.3. The molecule has 1 fully saturated rings. The molecule has 0 aromatic heterocycles. The van der Waals surface area contributed by atoms with Gasteiger partial charge in [-0.2, -0.15) is 0 Å². The van der Waals surface area contributed by atoms with Gasteiger partial charge in [0.1, 0.15) is 5.82 Å². The van der Waals surface area contributed by atoms with Crippen molar-refractivity contribution in [2.24, 2.45) is 0 Å². The Morgan fingerprint density at radius 2 is 2.35 bits per heavy atom. The minimum absolute atomic E-state index is 0.0858. The van der Waals surface area contributed by atoms with Crippen LogP contribution in [-0.2, 0) is 11.3 Å². The van der Waals surface area contributed by atoms with Gasteiger partial charge >= 0.3 is 0 Å². The van der Waals surface area contributed by atoms with Crippen LogP contribution in [0.5, 0.6) is 0 Å². The van der Waals surface area contributed by atoms with Crippen molar-refractivity contribution in [1.29, 1.82) is 0 Å². The van der Waals surface area contributed by atoms with Crippen molar-refractivity contribution in [2.75, 3.05) is 13.1 Å². The molecule has 0 saturated carbocycles. The molecule has 1 amide bonds. The normalized spacial score (nSPS) is 20.7. The van der Waals surface area contributed by atoms with Gasteiger partial charge in [0.25, 0.3) is 0 Å². The fourth-order valence-electron chi connectivity index (χ4n) is 2.12. The van der Waals surface area contributed by atoms with Crippen LogP contribution in [0.3, 0.4) is 0 Å². The highest BCUT2D eigenvalue weighted by atomic mass is 19.1. The lowest BCUT2D eigenvalue weighted by molar-refractivity contribution is -0.136. The van der Waals surface area contributed by atoms with E-state index >= 15 is 0 Å². The molecule has 1 aliphatic rings. The summed E-state index contributed by atoms with van der Waals surface area (Å²) in [4.78, 5) is 13.8. The largest absolute Gasteiger partial charge is 0.336 e. The molecule has 1 unspecified atom stereocenters. The van der Waals surface area contributed by atoms with Crippen molar-refractivity contribution in [2.45, 2.75) is 25.9 Å². The van der Waals surface area contributed by atoms with Gasteiger partial charge in [0, 0.05) is 19.6 Å². The number of piperazine rings is 1. The number of carbonyl (C=O) groups excluding carboxylic acids is 1. The van der Waals surface area contributed by atoms with Crippen LogP contribution in [0.1, 0.15) is 18.9 Å². The smallest absolute Gasteiger partial charge is 0.240 e. The van der Waals surface area contributed by atoms with Crippen LogP contribution in [0.15, 0.2) is 24.3 Å². The Morgan fingerprint density at radius 1 is 1.53 bits per heavy atom. The van der Waals surface area contributed by atoms with Gasteiger partial charge < -0.3 is 10.2 Å². The maximum Gasteiger partial charge on any atom is 0.240 e. The number of hydrogen-bond donors (Lipinski definition) is 1. The van der Waals surface area contributed by atoms with Gasteiger partial charge in [0.2, 0.25) is 5.91 Å². The van der Waals surface area contributed by atoms with E-state index < -0.39 is 0 Å². The Balaban J connectivity index is 2.05. The second-order valence-corrected chi connectivity index (χ2v) is 4.30. The zero-order valence-corrected chi connectivity index (χ0v) is 9.95. The van der Waals surface area contributed by atoms with Crippen LogP contribution in [-0.4, -0.2) is 29.9 Å². The first-order chi connectivity index (χ1) is 8.20. The van der Waals surface area contributed by atoms with E-state index in [-0.39, 0.29) is 17.8 Å². The summed E-state index contributed by atoms with van der Waals surface area (Å²) in [5.41, 5.74) is 0.843. The van der Waals surface area contributed by atoms with Crippen LogP contribution in [0.4, 0.5) is 4.39 Å². The van der Waals surface area contributed by atoms with Gasteiger partial charge in [-0.05, 0) is 24.1 Å². The molecule has 1 aromatic rings. The third-order valence-corrected chi connectivity index (χ3v) is 3.05.